The molecule has 1 heterocycles. The second-order valence-corrected chi connectivity index (χ2v) is 5.30. The van der Waals surface area contributed by atoms with Gasteiger partial charge in [-0.3, -0.25) is 0 Å². The summed E-state index contributed by atoms with van der Waals surface area (Å²) < 4.78 is 6.04. The first kappa shape index (κ1) is 12.9. The first-order valence-corrected chi connectivity index (χ1v) is 6.36. The highest BCUT2D eigenvalue weighted by Crippen LogP contribution is 2.34. The van der Waals surface area contributed by atoms with Crippen LogP contribution in [0.15, 0.2) is 42.5 Å². The third-order valence-corrected chi connectivity index (χ3v) is 3.43. The van der Waals surface area contributed by atoms with Crippen LogP contribution in [0.4, 0.5) is 5.69 Å². The molecule has 1 fully saturated rings. The van der Waals surface area contributed by atoms with E-state index >= 15 is 0 Å². The van der Waals surface area contributed by atoms with Gasteiger partial charge in [-0.15, -0.1) is 0 Å². The summed E-state index contributed by atoms with van der Waals surface area (Å²) in [5, 5.41) is 0. The van der Waals surface area contributed by atoms with Crippen molar-refractivity contribution in [3.8, 4) is 0 Å². The third-order valence-electron chi connectivity index (χ3n) is 3.43. The van der Waals surface area contributed by atoms with Crippen LogP contribution < -0.4 is 5.73 Å². The SMILES string of the molecule is C=C(C)C1CCC(C)(/C=C/c2ccc(N)cc2)O1. The fraction of sp³-hybridized carbons (Fsp3) is 0.375. The molecule has 1 aromatic rings. The van der Waals surface area contributed by atoms with Crippen molar-refractivity contribution in [1.29, 1.82) is 0 Å². The van der Waals surface area contributed by atoms with Gasteiger partial charge in [-0.1, -0.05) is 36.4 Å². The molecule has 2 heteroatoms. The topological polar surface area (TPSA) is 35.2 Å². The highest BCUT2D eigenvalue weighted by molar-refractivity contribution is 5.54. The summed E-state index contributed by atoms with van der Waals surface area (Å²) in [4.78, 5) is 0. The van der Waals surface area contributed by atoms with Gasteiger partial charge in [0.05, 0.1) is 11.7 Å². The van der Waals surface area contributed by atoms with E-state index in [-0.39, 0.29) is 11.7 Å². The maximum absolute atomic E-state index is 6.04. The minimum absolute atomic E-state index is 0.176. The maximum atomic E-state index is 6.04. The largest absolute Gasteiger partial charge is 0.399 e. The molecule has 1 aliphatic rings. The normalized spacial score (nSPS) is 27.8. The van der Waals surface area contributed by atoms with Gasteiger partial charge in [0.15, 0.2) is 0 Å². The highest BCUT2D eigenvalue weighted by Gasteiger charge is 2.33. The standard InChI is InChI=1S/C16H21NO/c1-12(2)15-9-11-16(3,18-15)10-8-13-4-6-14(17)7-5-13/h4-8,10,15H,1,9,11,17H2,2-3H3/b10-8+. The summed E-state index contributed by atoms with van der Waals surface area (Å²) in [6, 6.07) is 7.85. The van der Waals surface area contributed by atoms with Gasteiger partial charge in [-0.2, -0.15) is 0 Å². The molecule has 0 radical (unpaired) electrons. The van der Waals surface area contributed by atoms with Gasteiger partial charge in [0.25, 0.3) is 0 Å². The Hall–Kier alpha value is -1.54. The number of ether oxygens (including phenoxy) is 1. The summed E-state index contributed by atoms with van der Waals surface area (Å²) in [6.07, 6.45) is 6.53. The first-order chi connectivity index (χ1) is 8.48. The van der Waals surface area contributed by atoms with E-state index in [9.17, 15) is 0 Å². The maximum Gasteiger partial charge on any atom is 0.0846 e. The second-order valence-electron chi connectivity index (χ2n) is 5.30. The average Bonchev–Trinajstić information content (AvgIpc) is 2.72. The van der Waals surface area contributed by atoms with Gasteiger partial charge >= 0.3 is 0 Å². The van der Waals surface area contributed by atoms with Crippen LogP contribution in [-0.4, -0.2) is 11.7 Å². The number of hydrogen-bond donors (Lipinski definition) is 1. The van der Waals surface area contributed by atoms with E-state index in [2.05, 4.69) is 25.7 Å². The zero-order valence-electron chi connectivity index (χ0n) is 11.1. The molecule has 0 bridgehead atoms. The molecule has 2 rings (SSSR count). The molecule has 1 saturated heterocycles. The van der Waals surface area contributed by atoms with E-state index in [1.54, 1.807) is 0 Å². The van der Waals surface area contributed by atoms with Crippen LogP contribution in [0.5, 0.6) is 0 Å². The number of nitrogens with two attached hydrogens (primary N) is 1. The van der Waals surface area contributed by atoms with Crippen LogP contribution in [0.2, 0.25) is 0 Å². The van der Waals surface area contributed by atoms with E-state index in [0.29, 0.717) is 0 Å². The third kappa shape index (κ3) is 3.02. The molecule has 0 aromatic heterocycles. The molecule has 2 N–H and O–H groups in total. The molecule has 96 valence electrons. The summed E-state index contributed by atoms with van der Waals surface area (Å²) in [6.45, 7) is 8.12. The molecule has 2 nitrogen and oxygen atoms in total. The van der Waals surface area contributed by atoms with Crippen molar-refractivity contribution in [3.63, 3.8) is 0 Å². The number of rotatable bonds is 3. The summed E-state index contributed by atoms with van der Waals surface area (Å²) in [5.74, 6) is 0. The van der Waals surface area contributed by atoms with Crippen LogP contribution in [-0.2, 0) is 4.74 Å². The van der Waals surface area contributed by atoms with Crippen molar-refractivity contribution in [1.82, 2.24) is 0 Å². The lowest BCUT2D eigenvalue weighted by Crippen LogP contribution is -2.22. The summed E-state index contributed by atoms with van der Waals surface area (Å²) in [5.41, 5.74) is 8.53. The quantitative estimate of drug-likeness (QED) is 0.647. The summed E-state index contributed by atoms with van der Waals surface area (Å²) in [7, 11) is 0. The van der Waals surface area contributed by atoms with Crippen molar-refractivity contribution < 1.29 is 4.74 Å². The number of anilines is 1. The van der Waals surface area contributed by atoms with E-state index < -0.39 is 0 Å². The van der Waals surface area contributed by atoms with Gasteiger partial charge in [0.2, 0.25) is 0 Å². The average molecular weight is 243 g/mol. The zero-order chi connectivity index (χ0) is 13.2. The fourth-order valence-electron chi connectivity index (χ4n) is 2.21. The Bertz CT molecular complexity index is 460. The number of benzene rings is 1. The fourth-order valence-corrected chi connectivity index (χ4v) is 2.21. The Morgan fingerprint density at radius 3 is 2.67 bits per heavy atom. The number of nitrogen functional groups attached to an aromatic ring is 1. The molecule has 0 amide bonds. The van der Waals surface area contributed by atoms with Crippen LogP contribution >= 0.6 is 0 Å². The van der Waals surface area contributed by atoms with Crippen molar-refractivity contribution in [2.45, 2.75) is 38.4 Å². The van der Waals surface area contributed by atoms with Gasteiger partial charge in [-0.05, 0) is 44.4 Å². The Morgan fingerprint density at radius 2 is 2.11 bits per heavy atom. The second kappa shape index (κ2) is 4.99. The number of hydrogen-bond acceptors (Lipinski definition) is 2. The van der Waals surface area contributed by atoms with E-state index in [4.69, 9.17) is 10.5 Å². The Balaban J connectivity index is 2.05. The minimum atomic E-state index is -0.176. The molecule has 1 aromatic carbocycles. The molecule has 0 spiro atoms. The lowest BCUT2D eigenvalue weighted by Gasteiger charge is -2.21. The van der Waals surface area contributed by atoms with Crippen molar-refractivity contribution >= 4 is 11.8 Å². The van der Waals surface area contributed by atoms with Crippen LogP contribution in [0.1, 0.15) is 32.3 Å². The minimum Gasteiger partial charge on any atom is -0.399 e. The van der Waals surface area contributed by atoms with Gasteiger partial charge in [-0.25, -0.2) is 0 Å². The highest BCUT2D eigenvalue weighted by atomic mass is 16.5. The van der Waals surface area contributed by atoms with E-state index in [1.807, 2.05) is 31.2 Å². The first-order valence-electron chi connectivity index (χ1n) is 6.36. The Labute approximate surface area is 109 Å². The van der Waals surface area contributed by atoms with Gasteiger partial charge < -0.3 is 10.5 Å². The van der Waals surface area contributed by atoms with Crippen LogP contribution in [0.25, 0.3) is 6.08 Å². The molecular weight excluding hydrogens is 222 g/mol. The molecule has 18 heavy (non-hydrogen) atoms. The smallest absolute Gasteiger partial charge is 0.0846 e. The molecule has 2 atom stereocenters. The molecule has 2 unspecified atom stereocenters. The monoisotopic (exact) mass is 243 g/mol. The van der Waals surface area contributed by atoms with Crippen molar-refractivity contribution in [2.24, 2.45) is 0 Å². The van der Waals surface area contributed by atoms with Crippen molar-refractivity contribution in [2.75, 3.05) is 5.73 Å². The summed E-state index contributed by atoms with van der Waals surface area (Å²) >= 11 is 0. The molecule has 0 aliphatic carbocycles. The lowest BCUT2D eigenvalue weighted by atomic mass is 9.99. The molecular formula is C16H21NO. The van der Waals surface area contributed by atoms with Crippen molar-refractivity contribution in [3.05, 3.63) is 48.1 Å². The Morgan fingerprint density at radius 1 is 1.44 bits per heavy atom. The zero-order valence-corrected chi connectivity index (χ0v) is 11.1. The van der Waals surface area contributed by atoms with Gasteiger partial charge in [0.1, 0.15) is 0 Å². The Kier molecular flexibility index (Phi) is 3.58. The lowest BCUT2D eigenvalue weighted by molar-refractivity contribution is 0.0227. The predicted molar refractivity (Wildman–Crippen MR) is 77.2 cm³/mol. The van der Waals surface area contributed by atoms with Gasteiger partial charge in [0, 0.05) is 5.69 Å². The van der Waals surface area contributed by atoms with Crippen LogP contribution in [0, 0.1) is 0 Å². The molecule has 0 saturated carbocycles. The van der Waals surface area contributed by atoms with E-state index in [1.165, 1.54) is 0 Å². The van der Waals surface area contributed by atoms with E-state index in [0.717, 1.165) is 29.7 Å². The molecule has 1 aliphatic heterocycles. The predicted octanol–water partition coefficient (Wildman–Crippen LogP) is 3.80. The van der Waals surface area contributed by atoms with Crippen LogP contribution in [0.3, 0.4) is 0 Å².